The number of likely N-dealkylation sites (tertiary alicyclic amines) is 1. The number of hydrogen-bond acceptors (Lipinski definition) is 4. The molecular weight excluding hydrogens is 344 g/mol. The maximum absolute atomic E-state index is 11.5. The van der Waals surface area contributed by atoms with Crippen molar-refractivity contribution in [3.05, 3.63) is 24.5 Å². The highest BCUT2D eigenvalue weighted by atomic mass is 16.5. The van der Waals surface area contributed by atoms with E-state index in [4.69, 9.17) is 4.74 Å². The Balaban J connectivity index is 0.00000126. The Kier molecular flexibility index (Phi) is 7.64. The van der Waals surface area contributed by atoms with E-state index in [-0.39, 0.29) is 18.4 Å². The van der Waals surface area contributed by atoms with Crippen molar-refractivity contribution in [1.82, 2.24) is 19.8 Å². The molecule has 0 unspecified atom stereocenters. The fraction of sp³-hybridized carbons (Fsp3) is 0.550. The third-order valence-electron chi connectivity index (χ3n) is 4.59. The van der Waals surface area contributed by atoms with Crippen LogP contribution in [-0.2, 0) is 9.59 Å². The number of hydrogen-bond donors (Lipinski definition) is 1. The molecule has 1 N–H and O–H groups in total. The maximum atomic E-state index is 11.5. The van der Waals surface area contributed by atoms with E-state index in [0.29, 0.717) is 18.3 Å². The zero-order valence-electron chi connectivity index (χ0n) is 16.7. The molecule has 1 aromatic heterocycles. The first-order valence-electron chi connectivity index (χ1n) is 9.70. The van der Waals surface area contributed by atoms with E-state index in [0.717, 1.165) is 37.0 Å². The van der Waals surface area contributed by atoms with Crippen molar-refractivity contribution >= 4 is 22.8 Å². The zero-order valence-corrected chi connectivity index (χ0v) is 16.7. The van der Waals surface area contributed by atoms with Gasteiger partial charge in [0.25, 0.3) is 5.91 Å². The van der Waals surface area contributed by atoms with Gasteiger partial charge >= 0.3 is 0 Å². The standard InChI is InChI=1S/C18H24N4O3.C2H6/c1-3-19-18(24)11-25-15-4-5-16-17(10-15)22(12-20-16)14-6-8-21(9-7-14)13(2)23;1-2/h4-5,10,12,14H,3,6-9,11H2,1-2H3,(H,19,24);1-2H3. The third-order valence-corrected chi connectivity index (χ3v) is 4.59. The molecule has 27 heavy (non-hydrogen) atoms. The minimum atomic E-state index is -0.132. The molecule has 0 saturated carbocycles. The summed E-state index contributed by atoms with van der Waals surface area (Å²) in [6.45, 7) is 9.63. The number of aromatic nitrogens is 2. The van der Waals surface area contributed by atoms with E-state index in [9.17, 15) is 9.59 Å². The number of amides is 2. The van der Waals surface area contributed by atoms with Gasteiger partial charge in [-0.1, -0.05) is 13.8 Å². The lowest BCUT2D eigenvalue weighted by Gasteiger charge is -2.32. The second kappa shape index (κ2) is 9.94. The molecule has 1 aromatic carbocycles. The van der Waals surface area contributed by atoms with Gasteiger partial charge in [-0.05, 0) is 31.9 Å². The molecule has 2 amide bonds. The van der Waals surface area contributed by atoms with Gasteiger partial charge in [-0.15, -0.1) is 0 Å². The molecule has 0 spiro atoms. The minimum absolute atomic E-state index is 0.00445. The second-order valence-electron chi connectivity index (χ2n) is 6.28. The fourth-order valence-electron chi connectivity index (χ4n) is 3.24. The molecular formula is C20H30N4O3. The van der Waals surface area contributed by atoms with Crippen LogP contribution in [0.1, 0.15) is 46.6 Å². The number of fused-ring (bicyclic) bond motifs is 1. The van der Waals surface area contributed by atoms with Crippen molar-refractivity contribution in [2.45, 2.75) is 46.6 Å². The highest BCUT2D eigenvalue weighted by molar-refractivity contribution is 5.79. The molecule has 0 bridgehead atoms. The van der Waals surface area contributed by atoms with E-state index in [2.05, 4.69) is 14.9 Å². The summed E-state index contributed by atoms with van der Waals surface area (Å²) in [6, 6.07) is 5.99. The van der Waals surface area contributed by atoms with Gasteiger partial charge in [0.1, 0.15) is 5.75 Å². The number of nitrogens with zero attached hydrogens (tertiary/aromatic N) is 3. The molecule has 0 radical (unpaired) electrons. The topological polar surface area (TPSA) is 76.5 Å². The molecule has 7 heteroatoms. The number of nitrogens with one attached hydrogen (secondary N) is 1. The van der Waals surface area contributed by atoms with E-state index in [1.165, 1.54) is 0 Å². The molecule has 1 fully saturated rings. The van der Waals surface area contributed by atoms with E-state index < -0.39 is 0 Å². The lowest BCUT2D eigenvalue weighted by atomic mass is 10.0. The molecule has 0 atom stereocenters. The van der Waals surface area contributed by atoms with Crippen LogP contribution in [0.25, 0.3) is 11.0 Å². The van der Waals surface area contributed by atoms with Crippen LogP contribution in [0.2, 0.25) is 0 Å². The summed E-state index contributed by atoms with van der Waals surface area (Å²) in [5.41, 5.74) is 1.90. The number of carbonyl (C=O) groups excluding carboxylic acids is 2. The van der Waals surface area contributed by atoms with Gasteiger partial charge in [-0.2, -0.15) is 0 Å². The zero-order chi connectivity index (χ0) is 19.8. The van der Waals surface area contributed by atoms with Gasteiger partial charge in [0, 0.05) is 38.7 Å². The van der Waals surface area contributed by atoms with E-state index in [1.54, 1.807) is 6.92 Å². The number of benzene rings is 1. The van der Waals surface area contributed by atoms with Crippen molar-refractivity contribution in [3.63, 3.8) is 0 Å². The van der Waals surface area contributed by atoms with Crippen molar-refractivity contribution in [2.24, 2.45) is 0 Å². The first kappa shape index (κ1) is 20.7. The smallest absolute Gasteiger partial charge is 0.257 e. The van der Waals surface area contributed by atoms with Crippen LogP contribution in [0.4, 0.5) is 0 Å². The first-order valence-corrected chi connectivity index (χ1v) is 9.70. The Labute approximate surface area is 160 Å². The van der Waals surface area contributed by atoms with Crippen molar-refractivity contribution in [2.75, 3.05) is 26.2 Å². The molecule has 148 valence electrons. The Hall–Kier alpha value is -2.57. The lowest BCUT2D eigenvalue weighted by molar-refractivity contribution is -0.130. The predicted molar refractivity (Wildman–Crippen MR) is 106 cm³/mol. The van der Waals surface area contributed by atoms with Gasteiger partial charge in [-0.25, -0.2) is 4.98 Å². The fourth-order valence-corrected chi connectivity index (χ4v) is 3.24. The summed E-state index contributed by atoms with van der Waals surface area (Å²) in [7, 11) is 0. The second-order valence-corrected chi connectivity index (χ2v) is 6.28. The molecule has 7 nitrogen and oxygen atoms in total. The van der Waals surface area contributed by atoms with Crippen LogP contribution in [0.5, 0.6) is 5.75 Å². The van der Waals surface area contributed by atoms with Crippen molar-refractivity contribution in [1.29, 1.82) is 0 Å². The van der Waals surface area contributed by atoms with Crippen LogP contribution in [0.3, 0.4) is 0 Å². The summed E-state index contributed by atoms with van der Waals surface area (Å²) in [4.78, 5) is 29.4. The average Bonchev–Trinajstić information content (AvgIpc) is 3.11. The highest BCUT2D eigenvalue weighted by Crippen LogP contribution is 2.28. The number of piperidine rings is 1. The molecule has 0 aliphatic carbocycles. The first-order chi connectivity index (χ1) is 13.1. The summed E-state index contributed by atoms with van der Waals surface area (Å²) >= 11 is 0. The van der Waals surface area contributed by atoms with Gasteiger partial charge in [0.05, 0.1) is 17.4 Å². The Morgan fingerprint density at radius 1 is 1.26 bits per heavy atom. The van der Waals surface area contributed by atoms with Gasteiger partial charge in [0.15, 0.2) is 6.61 Å². The van der Waals surface area contributed by atoms with E-state index >= 15 is 0 Å². The predicted octanol–water partition coefficient (Wildman–Crippen LogP) is 2.76. The van der Waals surface area contributed by atoms with Crippen LogP contribution >= 0.6 is 0 Å². The lowest BCUT2D eigenvalue weighted by Crippen LogP contribution is -2.37. The normalized spacial score (nSPS) is 14.4. The van der Waals surface area contributed by atoms with Crippen LogP contribution in [0.15, 0.2) is 24.5 Å². The maximum Gasteiger partial charge on any atom is 0.257 e. The number of ether oxygens (including phenoxy) is 1. The quantitative estimate of drug-likeness (QED) is 0.873. The molecule has 2 aromatic rings. The average molecular weight is 374 g/mol. The Morgan fingerprint density at radius 3 is 2.59 bits per heavy atom. The highest BCUT2D eigenvalue weighted by Gasteiger charge is 2.23. The van der Waals surface area contributed by atoms with Gasteiger partial charge in [0.2, 0.25) is 5.91 Å². The van der Waals surface area contributed by atoms with Gasteiger partial charge < -0.3 is 19.5 Å². The summed E-state index contributed by atoms with van der Waals surface area (Å²) in [6.07, 6.45) is 3.68. The SMILES string of the molecule is CC.CCNC(=O)COc1ccc2ncn(C3CCN(C(C)=O)CC3)c2c1. The summed E-state index contributed by atoms with van der Waals surface area (Å²) < 4.78 is 7.74. The van der Waals surface area contributed by atoms with Crippen LogP contribution in [-0.4, -0.2) is 52.5 Å². The van der Waals surface area contributed by atoms with Gasteiger partial charge in [-0.3, -0.25) is 9.59 Å². The van der Waals surface area contributed by atoms with Crippen molar-refractivity contribution < 1.29 is 14.3 Å². The Bertz CT molecular complexity index is 764. The molecule has 3 rings (SSSR count). The number of likely N-dealkylation sites (N-methyl/N-ethyl adjacent to an activating group) is 1. The van der Waals surface area contributed by atoms with Crippen LogP contribution in [0, 0.1) is 0 Å². The van der Waals surface area contributed by atoms with Crippen LogP contribution < -0.4 is 10.1 Å². The Morgan fingerprint density at radius 2 is 1.96 bits per heavy atom. The number of carbonyl (C=O) groups is 2. The minimum Gasteiger partial charge on any atom is -0.484 e. The number of rotatable bonds is 5. The summed E-state index contributed by atoms with van der Waals surface area (Å²) in [5.74, 6) is 0.657. The molecule has 1 aliphatic rings. The third kappa shape index (κ3) is 5.21. The molecule has 2 heterocycles. The number of imidazole rings is 1. The summed E-state index contributed by atoms with van der Waals surface area (Å²) in [5, 5.41) is 2.71. The largest absolute Gasteiger partial charge is 0.484 e. The molecule has 1 saturated heterocycles. The van der Waals surface area contributed by atoms with Crippen molar-refractivity contribution in [3.8, 4) is 5.75 Å². The monoisotopic (exact) mass is 374 g/mol. The van der Waals surface area contributed by atoms with E-state index in [1.807, 2.05) is 50.2 Å². The molecule has 1 aliphatic heterocycles.